The number of nitrogens with zero attached hydrogens (tertiary/aromatic N) is 2. The molecule has 2 N–H and O–H groups in total. The third-order valence-corrected chi connectivity index (χ3v) is 5.65. The number of carbonyl (C=O) groups is 2. The number of sulfonamides is 1. The van der Waals surface area contributed by atoms with E-state index in [0.717, 1.165) is 21.7 Å². The lowest BCUT2D eigenvalue weighted by Gasteiger charge is -2.22. The molecule has 0 aliphatic rings. The Balaban J connectivity index is 2.11. The predicted octanol–water partition coefficient (Wildman–Crippen LogP) is 2.91. The molecule has 0 radical (unpaired) electrons. The fraction of sp³-hybridized carbons (Fsp3) is 0.250. The summed E-state index contributed by atoms with van der Waals surface area (Å²) in [6, 6.07) is 11.7. The molecule has 160 valence electrons. The van der Waals surface area contributed by atoms with Crippen molar-refractivity contribution in [2.45, 2.75) is 20.8 Å². The molecule has 0 unspecified atom stereocenters. The summed E-state index contributed by atoms with van der Waals surface area (Å²) in [7, 11) is -3.72. The molecule has 0 heterocycles. The van der Waals surface area contributed by atoms with Crippen molar-refractivity contribution < 1.29 is 18.0 Å². The first kappa shape index (κ1) is 23.4. The fourth-order valence-corrected chi connectivity index (χ4v) is 3.53. The van der Waals surface area contributed by atoms with Crippen LogP contribution in [0.3, 0.4) is 0 Å². The standard InChI is InChI=1S/C20H23ClN4O4S/c1-13-5-10-18(11-19(13)21)25(30(4,28)29)12-20(27)24-23-14(2)16-6-8-17(9-7-16)22-15(3)26/h5-11H,12H2,1-4H3,(H,22,26)(H,24,27)/b23-14-. The van der Waals surface area contributed by atoms with E-state index in [9.17, 15) is 18.0 Å². The van der Waals surface area contributed by atoms with Crippen molar-refractivity contribution in [1.82, 2.24) is 5.43 Å². The van der Waals surface area contributed by atoms with Crippen LogP contribution < -0.4 is 15.0 Å². The number of amides is 2. The first-order chi connectivity index (χ1) is 14.0. The van der Waals surface area contributed by atoms with Crippen LogP contribution in [0, 0.1) is 6.92 Å². The van der Waals surface area contributed by atoms with Crippen molar-refractivity contribution in [2.24, 2.45) is 5.10 Å². The third kappa shape index (κ3) is 6.57. The lowest BCUT2D eigenvalue weighted by molar-refractivity contribution is -0.119. The SMILES string of the molecule is CC(=O)Nc1ccc(/C(C)=N\NC(=O)CN(c2ccc(C)c(Cl)c2)S(C)(=O)=O)cc1. The first-order valence-corrected chi connectivity index (χ1v) is 11.1. The zero-order valence-electron chi connectivity index (χ0n) is 17.1. The molecule has 2 rings (SSSR count). The fourth-order valence-electron chi connectivity index (χ4n) is 2.51. The second-order valence-corrected chi connectivity index (χ2v) is 9.01. The number of rotatable bonds is 7. The van der Waals surface area contributed by atoms with Gasteiger partial charge in [-0.1, -0.05) is 29.8 Å². The third-order valence-electron chi connectivity index (χ3n) is 4.10. The molecule has 0 aromatic heterocycles. The quantitative estimate of drug-likeness (QED) is 0.499. The van der Waals surface area contributed by atoms with E-state index in [1.165, 1.54) is 13.0 Å². The minimum absolute atomic E-state index is 0.175. The highest BCUT2D eigenvalue weighted by Crippen LogP contribution is 2.24. The van der Waals surface area contributed by atoms with Crippen LogP contribution in [0.2, 0.25) is 5.02 Å². The van der Waals surface area contributed by atoms with Gasteiger partial charge < -0.3 is 5.32 Å². The molecular weight excluding hydrogens is 428 g/mol. The molecule has 8 nitrogen and oxygen atoms in total. The monoisotopic (exact) mass is 450 g/mol. The van der Waals surface area contributed by atoms with Crippen LogP contribution >= 0.6 is 11.6 Å². The molecule has 0 saturated carbocycles. The van der Waals surface area contributed by atoms with Gasteiger partial charge in [-0.05, 0) is 49.2 Å². The average Bonchev–Trinajstić information content (AvgIpc) is 2.65. The van der Waals surface area contributed by atoms with Crippen molar-refractivity contribution in [2.75, 3.05) is 22.4 Å². The molecule has 2 amide bonds. The lowest BCUT2D eigenvalue weighted by Crippen LogP contribution is -2.39. The largest absolute Gasteiger partial charge is 0.326 e. The normalized spacial score (nSPS) is 11.7. The summed E-state index contributed by atoms with van der Waals surface area (Å²) in [6.45, 7) is 4.46. The molecule has 2 aromatic carbocycles. The predicted molar refractivity (Wildman–Crippen MR) is 119 cm³/mol. The molecular formula is C20H23ClN4O4S. The second kappa shape index (κ2) is 9.73. The van der Waals surface area contributed by atoms with Crippen molar-refractivity contribution in [1.29, 1.82) is 0 Å². The number of hydrogen-bond acceptors (Lipinski definition) is 5. The molecule has 0 aliphatic carbocycles. The van der Waals surface area contributed by atoms with Gasteiger partial charge >= 0.3 is 0 Å². The van der Waals surface area contributed by atoms with Crippen LogP contribution in [0.4, 0.5) is 11.4 Å². The minimum Gasteiger partial charge on any atom is -0.326 e. The van der Waals surface area contributed by atoms with Crippen molar-refractivity contribution in [3.05, 3.63) is 58.6 Å². The highest BCUT2D eigenvalue weighted by Gasteiger charge is 2.21. The summed E-state index contributed by atoms with van der Waals surface area (Å²) in [6.07, 6.45) is 1.01. The smallest absolute Gasteiger partial charge is 0.260 e. The maximum Gasteiger partial charge on any atom is 0.260 e. The van der Waals surface area contributed by atoms with E-state index in [1.54, 1.807) is 50.2 Å². The van der Waals surface area contributed by atoms with E-state index < -0.39 is 22.5 Å². The molecule has 0 fully saturated rings. The van der Waals surface area contributed by atoms with E-state index in [-0.39, 0.29) is 11.6 Å². The van der Waals surface area contributed by atoms with Crippen molar-refractivity contribution in [3.8, 4) is 0 Å². The maximum absolute atomic E-state index is 12.3. The van der Waals surface area contributed by atoms with Gasteiger partial charge in [0.2, 0.25) is 15.9 Å². The Morgan fingerprint density at radius 1 is 1.10 bits per heavy atom. The Labute approximate surface area is 181 Å². The van der Waals surface area contributed by atoms with E-state index in [2.05, 4.69) is 15.8 Å². The number of hydrogen-bond donors (Lipinski definition) is 2. The van der Waals surface area contributed by atoms with Gasteiger partial charge in [-0.25, -0.2) is 13.8 Å². The molecule has 10 heteroatoms. The van der Waals surface area contributed by atoms with Crippen LogP contribution in [0.1, 0.15) is 25.0 Å². The van der Waals surface area contributed by atoms with Gasteiger partial charge in [-0.15, -0.1) is 0 Å². The zero-order valence-corrected chi connectivity index (χ0v) is 18.6. The molecule has 0 saturated heterocycles. The highest BCUT2D eigenvalue weighted by atomic mass is 35.5. The van der Waals surface area contributed by atoms with Crippen molar-refractivity contribution >= 4 is 50.5 Å². The molecule has 2 aromatic rings. The number of carbonyl (C=O) groups excluding carboxylic acids is 2. The van der Waals surface area contributed by atoms with Gasteiger partial charge in [0.1, 0.15) is 6.54 Å². The van der Waals surface area contributed by atoms with Gasteiger partial charge in [0, 0.05) is 17.6 Å². The van der Waals surface area contributed by atoms with Crippen LogP contribution in [0.15, 0.2) is 47.6 Å². The van der Waals surface area contributed by atoms with Gasteiger partial charge in [0.15, 0.2) is 0 Å². The molecule has 0 spiro atoms. The summed E-state index contributed by atoms with van der Waals surface area (Å²) in [5.74, 6) is -0.781. The van der Waals surface area contributed by atoms with Gasteiger partial charge in [-0.2, -0.15) is 5.10 Å². The number of aryl methyl sites for hydroxylation is 1. The molecule has 0 aliphatic heterocycles. The van der Waals surface area contributed by atoms with Crippen LogP contribution in [-0.2, 0) is 19.6 Å². The van der Waals surface area contributed by atoms with E-state index in [1.807, 2.05) is 0 Å². The molecule has 30 heavy (non-hydrogen) atoms. The topological polar surface area (TPSA) is 108 Å². The summed E-state index contributed by atoms with van der Waals surface area (Å²) >= 11 is 6.09. The van der Waals surface area contributed by atoms with E-state index >= 15 is 0 Å². The Hall–Kier alpha value is -2.91. The number of anilines is 2. The van der Waals surface area contributed by atoms with Crippen LogP contribution in [0.25, 0.3) is 0 Å². The van der Waals surface area contributed by atoms with Gasteiger partial charge in [0.05, 0.1) is 17.7 Å². The molecule has 0 bridgehead atoms. The van der Waals surface area contributed by atoms with Crippen LogP contribution in [0.5, 0.6) is 0 Å². The average molecular weight is 451 g/mol. The Bertz CT molecular complexity index is 1080. The van der Waals surface area contributed by atoms with Crippen molar-refractivity contribution in [3.63, 3.8) is 0 Å². The Morgan fingerprint density at radius 3 is 2.27 bits per heavy atom. The lowest BCUT2D eigenvalue weighted by atomic mass is 10.1. The van der Waals surface area contributed by atoms with Gasteiger partial charge in [-0.3, -0.25) is 13.9 Å². The zero-order chi connectivity index (χ0) is 22.5. The van der Waals surface area contributed by atoms with E-state index in [0.29, 0.717) is 16.4 Å². The highest BCUT2D eigenvalue weighted by molar-refractivity contribution is 7.92. The number of hydrazone groups is 1. The summed E-state index contributed by atoms with van der Waals surface area (Å²) < 4.78 is 25.3. The Kier molecular flexibility index (Phi) is 7.58. The van der Waals surface area contributed by atoms with E-state index in [4.69, 9.17) is 11.6 Å². The second-order valence-electron chi connectivity index (χ2n) is 6.69. The summed E-state index contributed by atoms with van der Waals surface area (Å²) in [5, 5.41) is 7.09. The number of nitrogens with one attached hydrogen (secondary N) is 2. The number of benzene rings is 2. The number of halogens is 1. The summed E-state index contributed by atoms with van der Waals surface area (Å²) in [5.41, 5.74) is 5.34. The van der Waals surface area contributed by atoms with Crippen LogP contribution in [-0.4, -0.2) is 38.7 Å². The molecule has 0 atom stereocenters. The minimum atomic E-state index is -3.72. The first-order valence-electron chi connectivity index (χ1n) is 8.92. The Morgan fingerprint density at radius 2 is 1.73 bits per heavy atom. The summed E-state index contributed by atoms with van der Waals surface area (Å²) in [4.78, 5) is 23.4. The maximum atomic E-state index is 12.3. The van der Waals surface area contributed by atoms with Gasteiger partial charge in [0.25, 0.3) is 5.91 Å².